The average molecular weight is 188 g/mol. The van der Waals surface area contributed by atoms with Gasteiger partial charge >= 0.3 is 0 Å². The van der Waals surface area contributed by atoms with Gasteiger partial charge < -0.3 is 0 Å². The van der Waals surface area contributed by atoms with Crippen molar-refractivity contribution in [1.29, 1.82) is 0 Å². The molecule has 0 amide bonds. The van der Waals surface area contributed by atoms with Gasteiger partial charge in [0.25, 0.3) is 0 Å². The van der Waals surface area contributed by atoms with Crippen LogP contribution >= 0.6 is 0 Å². The molecule has 1 rings (SSSR count). The molecule has 0 aromatic heterocycles. The van der Waals surface area contributed by atoms with Crippen molar-refractivity contribution in [2.45, 2.75) is 35.1 Å². The van der Waals surface area contributed by atoms with Crippen LogP contribution in [-0.4, -0.2) is 0 Å². The number of hydrogen-bond acceptors (Lipinski definition) is 0. The third-order valence-electron chi connectivity index (χ3n) is 1.74. The van der Waals surface area contributed by atoms with Crippen LogP contribution in [0.2, 0.25) is 0 Å². The fourth-order valence-electron chi connectivity index (χ4n) is 0.959. The van der Waals surface area contributed by atoms with Gasteiger partial charge in [-0.25, -0.2) is 8.78 Å². The zero-order valence-electron chi connectivity index (χ0n) is 6.62. The lowest BCUT2D eigenvalue weighted by molar-refractivity contribution is 0.494. The Morgan fingerprint density at radius 1 is 1.08 bits per heavy atom. The van der Waals surface area contributed by atoms with Crippen LogP contribution in [0.25, 0.3) is 0 Å². The third kappa shape index (κ3) is 2.79. The van der Waals surface area contributed by atoms with Crippen molar-refractivity contribution in [2.75, 3.05) is 0 Å². The van der Waals surface area contributed by atoms with Gasteiger partial charge in [0.15, 0.2) is 11.6 Å². The highest BCUT2D eigenvalue weighted by atomic mass is 19.2. The van der Waals surface area contributed by atoms with E-state index in [9.17, 15) is 8.78 Å². The number of aryl methyl sites for hydroxylation is 2. The Bertz CT molecular complexity index is 267. The predicted molar refractivity (Wildman–Crippen MR) is 53.9 cm³/mol. The van der Waals surface area contributed by atoms with Gasteiger partial charge in [0.1, 0.15) is 0 Å². The monoisotopic (exact) mass is 188 g/mol. The summed E-state index contributed by atoms with van der Waals surface area (Å²) >= 11 is 0. The van der Waals surface area contributed by atoms with Crippen LogP contribution < -0.4 is 0 Å². The highest BCUT2D eigenvalue weighted by Gasteiger charge is 2.08. The van der Waals surface area contributed by atoms with Gasteiger partial charge in [0.2, 0.25) is 0 Å². The van der Waals surface area contributed by atoms with E-state index in [2.05, 4.69) is 0 Å². The first-order valence-corrected chi connectivity index (χ1v) is 3.60. The van der Waals surface area contributed by atoms with E-state index >= 15 is 0 Å². The van der Waals surface area contributed by atoms with Crippen molar-refractivity contribution in [3.8, 4) is 0 Å². The molecule has 0 N–H and O–H groups in total. The van der Waals surface area contributed by atoms with Crippen LogP contribution in [0.15, 0.2) is 12.1 Å². The quantitative estimate of drug-likeness (QED) is 0.622. The molecule has 1 aromatic carbocycles. The first-order valence-electron chi connectivity index (χ1n) is 3.60. The second kappa shape index (κ2) is 5.68. The second-order valence-electron chi connectivity index (χ2n) is 2.52. The largest absolute Gasteiger partial charge is 0.203 e. The van der Waals surface area contributed by atoms with E-state index in [1.807, 2.05) is 0 Å². The molecule has 0 heterocycles. The molecular formula is C11H18F2. The molecule has 0 unspecified atom stereocenters. The maximum atomic E-state index is 12.9. The third-order valence-corrected chi connectivity index (χ3v) is 1.74. The summed E-state index contributed by atoms with van der Waals surface area (Å²) in [5.74, 6) is -1.42. The van der Waals surface area contributed by atoms with Crippen molar-refractivity contribution in [3.63, 3.8) is 0 Å². The normalized spacial score (nSPS) is 8.62. The maximum Gasteiger partial charge on any atom is 0.162 e. The summed E-state index contributed by atoms with van der Waals surface area (Å²) in [7, 11) is 0. The molecule has 13 heavy (non-hydrogen) atoms. The van der Waals surface area contributed by atoms with Crippen LogP contribution in [0.4, 0.5) is 8.78 Å². The van der Waals surface area contributed by atoms with Gasteiger partial charge in [-0.05, 0) is 24.5 Å². The number of hydrogen-bond donors (Lipinski definition) is 0. The minimum Gasteiger partial charge on any atom is -0.203 e. The Labute approximate surface area is 79.6 Å². The molecule has 0 spiro atoms. The summed E-state index contributed by atoms with van der Waals surface area (Å²) in [6.07, 6.45) is 0.531. The minimum atomic E-state index is -0.718. The van der Waals surface area contributed by atoms with Crippen molar-refractivity contribution >= 4 is 0 Å². The summed E-state index contributed by atoms with van der Waals surface area (Å²) in [5, 5.41) is 0. The molecule has 0 aliphatic carbocycles. The summed E-state index contributed by atoms with van der Waals surface area (Å²) in [6, 6.07) is 3.21. The van der Waals surface area contributed by atoms with E-state index in [0.29, 0.717) is 17.5 Å². The van der Waals surface area contributed by atoms with Gasteiger partial charge in [-0.3, -0.25) is 0 Å². The lowest BCUT2D eigenvalue weighted by atomic mass is 10.1. The molecule has 2 heteroatoms. The maximum absolute atomic E-state index is 12.9. The Morgan fingerprint density at radius 2 is 1.62 bits per heavy atom. The topological polar surface area (TPSA) is 0 Å². The van der Waals surface area contributed by atoms with Crippen LogP contribution in [0.3, 0.4) is 0 Å². The zero-order valence-corrected chi connectivity index (χ0v) is 6.62. The molecule has 1 aromatic rings. The van der Waals surface area contributed by atoms with Crippen molar-refractivity contribution in [1.82, 2.24) is 0 Å². The average Bonchev–Trinajstić information content (AvgIpc) is 2.01. The molecular weight excluding hydrogens is 170 g/mol. The molecule has 0 aliphatic heterocycles. The lowest BCUT2D eigenvalue weighted by Crippen LogP contribution is -1.94. The molecule has 0 saturated carbocycles. The van der Waals surface area contributed by atoms with Crippen molar-refractivity contribution in [2.24, 2.45) is 0 Å². The van der Waals surface area contributed by atoms with Gasteiger partial charge in [-0.2, -0.15) is 0 Å². The predicted octanol–water partition coefficient (Wildman–Crippen LogP) is 4.11. The van der Waals surface area contributed by atoms with Crippen LogP contribution in [0.1, 0.15) is 32.9 Å². The summed E-state index contributed by atoms with van der Waals surface area (Å²) in [6.45, 7) is 3.35. The van der Waals surface area contributed by atoms with E-state index in [1.54, 1.807) is 26.0 Å². The Kier molecular flexibility index (Phi) is 6.38. The van der Waals surface area contributed by atoms with Gasteiger partial charge in [-0.1, -0.05) is 33.9 Å². The fourth-order valence-corrected chi connectivity index (χ4v) is 0.959. The highest BCUT2D eigenvalue weighted by Crippen LogP contribution is 2.15. The molecule has 0 atom stereocenters. The molecule has 0 aliphatic rings. The van der Waals surface area contributed by atoms with E-state index in [1.165, 1.54) is 0 Å². The SMILES string of the molecule is C.C.CCc1ccc(C)c(F)c1F. The highest BCUT2D eigenvalue weighted by molar-refractivity contribution is 5.25. The first kappa shape index (κ1) is 14.6. The van der Waals surface area contributed by atoms with Gasteiger partial charge in [0, 0.05) is 0 Å². The van der Waals surface area contributed by atoms with Crippen LogP contribution in [0.5, 0.6) is 0 Å². The molecule has 0 nitrogen and oxygen atoms in total. The first-order chi connectivity index (χ1) is 5.16. The number of rotatable bonds is 1. The van der Waals surface area contributed by atoms with E-state index in [-0.39, 0.29) is 14.9 Å². The molecule has 0 radical (unpaired) electrons. The number of benzene rings is 1. The smallest absolute Gasteiger partial charge is 0.162 e. The molecule has 0 fully saturated rings. The molecule has 0 saturated heterocycles. The second-order valence-corrected chi connectivity index (χ2v) is 2.52. The van der Waals surface area contributed by atoms with Gasteiger partial charge in [0.05, 0.1) is 0 Å². The fraction of sp³-hybridized carbons (Fsp3) is 0.455. The Balaban J connectivity index is 0. The zero-order chi connectivity index (χ0) is 8.43. The summed E-state index contributed by atoms with van der Waals surface area (Å²) in [5.41, 5.74) is 0.799. The van der Waals surface area contributed by atoms with E-state index < -0.39 is 11.6 Å². The minimum absolute atomic E-state index is 0. The van der Waals surface area contributed by atoms with E-state index in [0.717, 1.165) is 0 Å². The van der Waals surface area contributed by atoms with Crippen molar-refractivity contribution in [3.05, 3.63) is 34.9 Å². The van der Waals surface area contributed by atoms with Crippen molar-refractivity contribution < 1.29 is 8.78 Å². The Hall–Kier alpha value is -0.920. The van der Waals surface area contributed by atoms with E-state index in [4.69, 9.17) is 0 Å². The van der Waals surface area contributed by atoms with Crippen LogP contribution in [0, 0.1) is 18.6 Å². The van der Waals surface area contributed by atoms with Crippen LogP contribution in [-0.2, 0) is 6.42 Å². The molecule has 76 valence electrons. The van der Waals surface area contributed by atoms with Gasteiger partial charge in [-0.15, -0.1) is 0 Å². The summed E-state index contributed by atoms with van der Waals surface area (Å²) < 4.78 is 25.7. The lowest BCUT2D eigenvalue weighted by Gasteiger charge is -2.01. The summed E-state index contributed by atoms with van der Waals surface area (Å²) in [4.78, 5) is 0. The Morgan fingerprint density at radius 3 is 2.08 bits per heavy atom. The molecule has 0 bridgehead atoms. The number of halogens is 2. The standard InChI is InChI=1S/C9H10F2.2CH4/c1-3-7-5-4-6(2)8(10)9(7)11;;/h4-5H,3H2,1-2H3;2*1H4.